The average Bonchev–Trinajstić information content (AvgIpc) is 3.20. The molecule has 2 rings (SSSR count). The minimum atomic E-state index is 1.09. The molecule has 2 heteroatoms. The van der Waals surface area contributed by atoms with Crippen molar-refractivity contribution in [2.75, 3.05) is 0 Å². The van der Waals surface area contributed by atoms with Crippen LogP contribution in [0.3, 0.4) is 0 Å². The van der Waals surface area contributed by atoms with Gasteiger partial charge in [0.05, 0.1) is 5.69 Å². The molecule has 34 heavy (non-hydrogen) atoms. The van der Waals surface area contributed by atoms with Gasteiger partial charge in [-0.1, -0.05) is 140 Å². The molecule has 0 N–H and O–H groups in total. The van der Waals surface area contributed by atoms with Crippen molar-refractivity contribution in [2.45, 2.75) is 149 Å². The molecule has 0 fully saturated rings. The summed E-state index contributed by atoms with van der Waals surface area (Å²) in [7, 11) is 0. The lowest BCUT2D eigenvalue weighted by molar-refractivity contribution is 0.518. The highest BCUT2D eigenvalue weighted by Crippen LogP contribution is 2.15. The Kier molecular flexibility index (Phi) is 16.6. The number of hydrogen-bond donors (Lipinski definition) is 0. The lowest BCUT2D eigenvalue weighted by Gasteiger charge is -2.05. The van der Waals surface area contributed by atoms with Crippen LogP contribution in [0.4, 0.5) is 0 Å². The standard InChI is InChI=1S/C32H54N2/c1-3-4-5-6-7-8-9-10-11-12-13-14-15-16-17-18-22-28-34-29-32(33-30(34)2)27-23-26-31-24-20-19-21-25-31/h19-21,24-25,29H,3-18,22-23,26-28H2,1-2H3. The van der Waals surface area contributed by atoms with Crippen LogP contribution >= 0.6 is 0 Å². The topological polar surface area (TPSA) is 17.8 Å². The molecule has 0 spiro atoms. The largest absolute Gasteiger partial charge is 0.335 e. The maximum atomic E-state index is 4.80. The summed E-state index contributed by atoms with van der Waals surface area (Å²) in [6.07, 6.45) is 30.0. The molecular weight excluding hydrogens is 412 g/mol. The van der Waals surface area contributed by atoms with Gasteiger partial charge < -0.3 is 4.57 Å². The molecule has 0 aliphatic carbocycles. The fourth-order valence-electron chi connectivity index (χ4n) is 5.05. The number of rotatable bonds is 22. The Balaban J connectivity index is 1.37. The molecule has 0 atom stereocenters. The summed E-state index contributed by atoms with van der Waals surface area (Å²) in [5, 5.41) is 0. The summed E-state index contributed by atoms with van der Waals surface area (Å²) < 4.78 is 2.38. The van der Waals surface area contributed by atoms with Gasteiger partial charge in [0.1, 0.15) is 5.82 Å². The Morgan fingerprint density at radius 1 is 0.588 bits per heavy atom. The maximum Gasteiger partial charge on any atom is 0.105 e. The third kappa shape index (κ3) is 14.0. The van der Waals surface area contributed by atoms with Gasteiger partial charge in [-0.05, 0) is 38.2 Å². The Morgan fingerprint density at radius 2 is 1.09 bits per heavy atom. The van der Waals surface area contributed by atoms with Crippen molar-refractivity contribution in [3.63, 3.8) is 0 Å². The highest BCUT2D eigenvalue weighted by Gasteiger charge is 2.04. The molecule has 0 unspecified atom stereocenters. The van der Waals surface area contributed by atoms with Crippen molar-refractivity contribution in [3.05, 3.63) is 53.6 Å². The first-order valence-electron chi connectivity index (χ1n) is 14.9. The lowest BCUT2D eigenvalue weighted by Crippen LogP contribution is -1.99. The zero-order valence-electron chi connectivity index (χ0n) is 22.7. The van der Waals surface area contributed by atoms with Gasteiger partial charge in [-0.3, -0.25) is 0 Å². The second-order valence-electron chi connectivity index (χ2n) is 10.5. The van der Waals surface area contributed by atoms with E-state index >= 15 is 0 Å². The monoisotopic (exact) mass is 466 g/mol. The van der Waals surface area contributed by atoms with Crippen LogP contribution in [-0.2, 0) is 19.4 Å². The van der Waals surface area contributed by atoms with Crippen LogP contribution in [-0.4, -0.2) is 9.55 Å². The van der Waals surface area contributed by atoms with Gasteiger partial charge in [0.2, 0.25) is 0 Å². The van der Waals surface area contributed by atoms with Gasteiger partial charge >= 0.3 is 0 Å². The molecule has 0 aliphatic rings. The molecule has 0 amide bonds. The van der Waals surface area contributed by atoms with Gasteiger partial charge in [-0.25, -0.2) is 4.98 Å². The molecule has 2 nitrogen and oxygen atoms in total. The van der Waals surface area contributed by atoms with Crippen molar-refractivity contribution in [3.8, 4) is 0 Å². The molecule has 0 aliphatic heterocycles. The van der Waals surface area contributed by atoms with E-state index in [1.165, 1.54) is 133 Å². The van der Waals surface area contributed by atoms with Gasteiger partial charge in [-0.15, -0.1) is 0 Å². The predicted molar refractivity (Wildman–Crippen MR) is 150 cm³/mol. The number of imidazole rings is 1. The number of benzene rings is 1. The van der Waals surface area contributed by atoms with E-state index in [4.69, 9.17) is 4.98 Å². The van der Waals surface area contributed by atoms with Crippen LogP contribution in [0, 0.1) is 6.92 Å². The van der Waals surface area contributed by atoms with E-state index in [2.05, 4.69) is 54.9 Å². The molecule has 0 bridgehead atoms. The zero-order valence-corrected chi connectivity index (χ0v) is 22.7. The molecule has 0 saturated carbocycles. The maximum absolute atomic E-state index is 4.80. The second kappa shape index (κ2) is 19.7. The first-order chi connectivity index (χ1) is 16.8. The molecule has 192 valence electrons. The van der Waals surface area contributed by atoms with Crippen LogP contribution in [0.25, 0.3) is 0 Å². The number of nitrogens with zero attached hydrogens (tertiary/aromatic N) is 2. The van der Waals surface area contributed by atoms with Crippen molar-refractivity contribution in [1.29, 1.82) is 0 Å². The van der Waals surface area contributed by atoms with Crippen molar-refractivity contribution >= 4 is 0 Å². The highest BCUT2D eigenvalue weighted by molar-refractivity contribution is 5.15. The molecule has 2 aromatic rings. The normalized spacial score (nSPS) is 11.4. The first-order valence-corrected chi connectivity index (χ1v) is 14.9. The Labute approximate surface area is 212 Å². The van der Waals surface area contributed by atoms with E-state index in [1.54, 1.807) is 0 Å². The summed E-state index contributed by atoms with van der Waals surface area (Å²) in [6.45, 7) is 5.60. The van der Waals surface area contributed by atoms with E-state index in [9.17, 15) is 0 Å². The Morgan fingerprint density at radius 3 is 1.62 bits per heavy atom. The van der Waals surface area contributed by atoms with Crippen LogP contribution < -0.4 is 0 Å². The van der Waals surface area contributed by atoms with Crippen molar-refractivity contribution in [1.82, 2.24) is 9.55 Å². The lowest BCUT2D eigenvalue weighted by atomic mass is 10.0. The summed E-state index contributed by atoms with van der Waals surface area (Å²) >= 11 is 0. The van der Waals surface area contributed by atoms with E-state index in [1.807, 2.05) is 0 Å². The molecule has 1 aromatic heterocycles. The fraction of sp³-hybridized carbons (Fsp3) is 0.719. The second-order valence-corrected chi connectivity index (χ2v) is 10.5. The summed E-state index contributed by atoms with van der Waals surface area (Å²) in [4.78, 5) is 4.80. The Hall–Kier alpha value is -1.57. The third-order valence-corrected chi connectivity index (χ3v) is 7.27. The number of aryl methyl sites for hydroxylation is 4. The van der Waals surface area contributed by atoms with Crippen LogP contribution in [0.15, 0.2) is 36.5 Å². The van der Waals surface area contributed by atoms with Crippen LogP contribution in [0.2, 0.25) is 0 Å². The van der Waals surface area contributed by atoms with Gasteiger partial charge in [0.25, 0.3) is 0 Å². The SMILES string of the molecule is CCCCCCCCCCCCCCCCCCCn1cc(CCCc2ccccc2)nc1C. The summed E-state index contributed by atoms with van der Waals surface area (Å²) in [5.74, 6) is 1.19. The minimum Gasteiger partial charge on any atom is -0.335 e. The van der Waals surface area contributed by atoms with Gasteiger partial charge in [0.15, 0.2) is 0 Å². The number of aromatic nitrogens is 2. The average molecular weight is 467 g/mol. The molecule has 1 aromatic carbocycles. The fourth-order valence-corrected chi connectivity index (χ4v) is 5.05. The summed E-state index contributed by atoms with van der Waals surface area (Å²) in [6, 6.07) is 10.8. The smallest absolute Gasteiger partial charge is 0.105 e. The van der Waals surface area contributed by atoms with E-state index < -0.39 is 0 Å². The van der Waals surface area contributed by atoms with Crippen LogP contribution in [0.1, 0.15) is 140 Å². The zero-order chi connectivity index (χ0) is 24.1. The quantitative estimate of drug-likeness (QED) is 0.158. The van der Waals surface area contributed by atoms with E-state index in [0.29, 0.717) is 0 Å². The minimum absolute atomic E-state index is 1.09. The van der Waals surface area contributed by atoms with Crippen molar-refractivity contribution in [2.24, 2.45) is 0 Å². The number of hydrogen-bond acceptors (Lipinski definition) is 1. The molecule has 1 heterocycles. The molecule has 0 radical (unpaired) electrons. The Bertz CT molecular complexity index is 703. The third-order valence-electron chi connectivity index (χ3n) is 7.27. The van der Waals surface area contributed by atoms with Crippen LogP contribution in [0.5, 0.6) is 0 Å². The highest BCUT2D eigenvalue weighted by atomic mass is 15.1. The predicted octanol–water partition coefficient (Wildman–Crippen LogP) is 10.0. The van der Waals surface area contributed by atoms with E-state index in [0.717, 1.165) is 19.4 Å². The van der Waals surface area contributed by atoms with Gasteiger partial charge in [0, 0.05) is 12.7 Å². The van der Waals surface area contributed by atoms with Crippen molar-refractivity contribution < 1.29 is 0 Å². The summed E-state index contributed by atoms with van der Waals surface area (Å²) in [5.41, 5.74) is 2.70. The van der Waals surface area contributed by atoms with E-state index in [-0.39, 0.29) is 0 Å². The molecular formula is C32H54N2. The first kappa shape index (κ1) is 28.7. The van der Waals surface area contributed by atoms with Gasteiger partial charge in [-0.2, -0.15) is 0 Å². The number of unbranched alkanes of at least 4 members (excludes halogenated alkanes) is 16. The molecule has 0 saturated heterocycles.